The molecule has 0 unspecified atom stereocenters. The van der Waals surface area contributed by atoms with E-state index in [-0.39, 0.29) is 23.4 Å². The highest BCUT2D eigenvalue weighted by molar-refractivity contribution is 7.92. The number of nitrogens with one attached hydrogen (secondary N) is 1. The molecule has 2 amide bonds. The number of aryl methyl sites for hydroxylation is 3. The summed E-state index contributed by atoms with van der Waals surface area (Å²) in [5.41, 5.74) is 4.94. The van der Waals surface area contributed by atoms with Gasteiger partial charge in [-0.05, 0) is 82.9 Å². The molecule has 0 radical (unpaired) electrons. The highest BCUT2D eigenvalue weighted by Crippen LogP contribution is 2.29. The van der Waals surface area contributed by atoms with Crippen LogP contribution >= 0.6 is 0 Å². The van der Waals surface area contributed by atoms with Crippen LogP contribution in [0.5, 0.6) is 0 Å². The zero-order chi connectivity index (χ0) is 29.6. The van der Waals surface area contributed by atoms with Gasteiger partial charge in [-0.3, -0.25) is 13.9 Å². The lowest BCUT2D eigenvalue weighted by atomic mass is 10.1. The van der Waals surface area contributed by atoms with E-state index in [1.54, 1.807) is 36.4 Å². The Morgan fingerprint density at radius 2 is 1.52 bits per heavy atom. The second-order valence-electron chi connectivity index (χ2n) is 10.6. The lowest BCUT2D eigenvalue weighted by Gasteiger charge is -2.34. The van der Waals surface area contributed by atoms with Crippen LogP contribution in [0.25, 0.3) is 0 Å². The van der Waals surface area contributed by atoms with Crippen LogP contribution < -0.4 is 9.62 Å². The summed E-state index contributed by atoms with van der Waals surface area (Å²) in [5.74, 6) is -0.720. The molecule has 7 nitrogen and oxygen atoms in total. The van der Waals surface area contributed by atoms with Gasteiger partial charge >= 0.3 is 0 Å². The van der Waals surface area contributed by atoms with E-state index in [0.717, 1.165) is 27.8 Å². The van der Waals surface area contributed by atoms with Crippen LogP contribution in [0.4, 0.5) is 5.69 Å². The van der Waals surface area contributed by atoms with Gasteiger partial charge in [-0.2, -0.15) is 0 Å². The minimum absolute atomic E-state index is 0.0987. The number of rotatable bonds is 11. The molecule has 1 N–H and O–H groups in total. The molecule has 214 valence electrons. The van der Waals surface area contributed by atoms with E-state index in [2.05, 4.69) is 5.32 Å². The van der Waals surface area contributed by atoms with Gasteiger partial charge in [0, 0.05) is 12.6 Å². The monoisotopic (exact) mass is 563 g/mol. The number of hydrogen-bond donors (Lipinski definition) is 1. The summed E-state index contributed by atoms with van der Waals surface area (Å²) in [6.45, 7) is 12.9. The van der Waals surface area contributed by atoms with E-state index in [9.17, 15) is 18.0 Å². The van der Waals surface area contributed by atoms with Gasteiger partial charge in [0.25, 0.3) is 10.0 Å². The average molecular weight is 564 g/mol. The third kappa shape index (κ3) is 7.30. The van der Waals surface area contributed by atoms with E-state index in [0.29, 0.717) is 12.1 Å². The fraction of sp³-hybridized carbons (Fsp3) is 0.375. The summed E-state index contributed by atoms with van der Waals surface area (Å²) in [7, 11) is -4.10. The first-order chi connectivity index (χ1) is 18.8. The van der Waals surface area contributed by atoms with Crippen molar-refractivity contribution in [1.82, 2.24) is 10.2 Å². The Hall–Kier alpha value is -3.65. The van der Waals surface area contributed by atoms with E-state index >= 15 is 0 Å². The van der Waals surface area contributed by atoms with Crippen LogP contribution in [0.1, 0.15) is 55.0 Å². The normalized spacial score (nSPS) is 12.2. The summed E-state index contributed by atoms with van der Waals surface area (Å²) in [4.78, 5) is 29.0. The van der Waals surface area contributed by atoms with Crippen molar-refractivity contribution in [1.29, 1.82) is 0 Å². The first kappa shape index (κ1) is 30.9. The fourth-order valence-corrected chi connectivity index (χ4v) is 6.14. The molecule has 0 bridgehead atoms. The first-order valence-corrected chi connectivity index (χ1v) is 15.1. The number of hydrogen-bond acceptors (Lipinski definition) is 4. The minimum atomic E-state index is -4.10. The van der Waals surface area contributed by atoms with Crippen molar-refractivity contribution < 1.29 is 18.0 Å². The Kier molecular flexibility index (Phi) is 10.1. The van der Waals surface area contributed by atoms with Crippen molar-refractivity contribution in [3.05, 3.63) is 94.5 Å². The number of amides is 2. The van der Waals surface area contributed by atoms with Gasteiger partial charge in [-0.25, -0.2) is 8.42 Å². The molecule has 0 fully saturated rings. The Morgan fingerprint density at radius 1 is 0.875 bits per heavy atom. The van der Waals surface area contributed by atoms with E-state index in [1.807, 2.05) is 78.8 Å². The smallest absolute Gasteiger partial charge is 0.264 e. The largest absolute Gasteiger partial charge is 0.352 e. The molecule has 0 saturated carbocycles. The Morgan fingerprint density at radius 3 is 2.12 bits per heavy atom. The number of nitrogens with zero attached hydrogens (tertiary/aromatic N) is 2. The predicted molar refractivity (Wildman–Crippen MR) is 161 cm³/mol. The number of benzene rings is 3. The molecule has 8 heteroatoms. The van der Waals surface area contributed by atoms with Crippen LogP contribution in [-0.2, 0) is 26.2 Å². The molecule has 3 aromatic rings. The van der Waals surface area contributed by atoms with E-state index < -0.39 is 28.5 Å². The zero-order valence-electron chi connectivity index (χ0n) is 24.6. The average Bonchev–Trinajstić information content (AvgIpc) is 2.88. The lowest BCUT2D eigenvalue weighted by Crippen LogP contribution is -2.53. The Balaban J connectivity index is 2.11. The second kappa shape index (κ2) is 13.1. The Labute approximate surface area is 239 Å². The highest BCUT2D eigenvalue weighted by Gasteiger charge is 2.34. The fourth-order valence-electron chi connectivity index (χ4n) is 4.66. The van der Waals surface area contributed by atoms with Gasteiger partial charge in [0.1, 0.15) is 12.6 Å². The summed E-state index contributed by atoms with van der Waals surface area (Å²) in [6.07, 6.45) is 0.379. The van der Waals surface area contributed by atoms with E-state index in [4.69, 9.17) is 0 Å². The van der Waals surface area contributed by atoms with Crippen LogP contribution in [-0.4, -0.2) is 43.8 Å². The van der Waals surface area contributed by atoms with Crippen molar-refractivity contribution in [3.8, 4) is 0 Å². The second-order valence-corrected chi connectivity index (χ2v) is 12.5. The third-order valence-electron chi connectivity index (χ3n) is 6.98. The maximum absolute atomic E-state index is 14.2. The molecule has 0 heterocycles. The van der Waals surface area contributed by atoms with Gasteiger partial charge in [0.15, 0.2) is 0 Å². The standard InChI is InChI=1S/C32H41N3O4S/c1-8-29(32(37)33-22(2)3)34(20-27-13-9-11-24(5)19-27)31(36)21-35(30-14-10-12-25(6)26(30)7)40(38,39)28-17-15-23(4)16-18-28/h9-19,22,29H,8,20-21H2,1-7H3,(H,33,37)/t29-/m0/s1. The molecule has 40 heavy (non-hydrogen) atoms. The van der Waals surface area contributed by atoms with Gasteiger partial charge in [0.2, 0.25) is 11.8 Å². The lowest BCUT2D eigenvalue weighted by molar-refractivity contribution is -0.140. The van der Waals surface area contributed by atoms with Crippen molar-refractivity contribution in [2.75, 3.05) is 10.8 Å². The molecule has 3 rings (SSSR count). The van der Waals surface area contributed by atoms with E-state index in [1.165, 1.54) is 9.21 Å². The number of carbonyl (C=O) groups is 2. The SMILES string of the molecule is CC[C@@H](C(=O)NC(C)C)N(Cc1cccc(C)c1)C(=O)CN(c1cccc(C)c1C)S(=O)(=O)c1ccc(C)cc1. The van der Waals surface area contributed by atoms with Crippen molar-refractivity contribution >= 4 is 27.5 Å². The molecular weight excluding hydrogens is 522 g/mol. The van der Waals surface area contributed by atoms with Crippen molar-refractivity contribution in [2.24, 2.45) is 0 Å². The highest BCUT2D eigenvalue weighted by atomic mass is 32.2. The molecule has 3 aromatic carbocycles. The van der Waals surface area contributed by atoms with Gasteiger partial charge < -0.3 is 10.2 Å². The molecule has 1 atom stereocenters. The molecule has 0 spiro atoms. The molecule has 0 aliphatic heterocycles. The van der Waals surface area contributed by atoms with Gasteiger partial charge in [-0.15, -0.1) is 0 Å². The summed E-state index contributed by atoms with van der Waals surface area (Å²) < 4.78 is 29.3. The van der Waals surface area contributed by atoms with Crippen LogP contribution in [0.2, 0.25) is 0 Å². The quantitative estimate of drug-likeness (QED) is 0.336. The molecule has 0 aliphatic rings. The molecule has 0 aliphatic carbocycles. The number of carbonyl (C=O) groups excluding carboxylic acids is 2. The zero-order valence-corrected chi connectivity index (χ0v) is 25.4. The topological polar surface area (TPSA) is 86.8 Å². The molecular formula is C32H41N3O4S. The minimum Gasteiger partial charge on any atom is -0.352 e. The van der Waals surface area contributed by atoms with Gasteiger partial charge in [0.05, 0.1) is 10.6 Å². The number of sulfonamides is 1. The third-order valence-corrected chi connectivity index (χ3v) is 8.76. The Bertz CT molecular complexity index is 1450. The van der Waals surface area contributed by atoms with Crippen LogP contribution in [0.3, 0.4) is 0 Å². The summed E-state index contributed by atoms with van der Waals surface area (Å²) >= 11 is 0. The van der Waals surface area contributed by atoms with Crippen LogP contribution in [0, 0.1) is 27.7 Å². The first-order valence-electron chi connectivity index (χ1n) is 13.7. The van der Waals surface area contributed by atoms with Gasteiger partial charge in [-0.1, -0.05) is 66.6 Å². The molecule has 0 aromatic heterocycles. The predicted octanol–water partition coefficient (Wildman–Crippen LogP) is 5.45. The van der Waals surface area contributed by atoms with Crippen molar-refractivity contribution in [2.45, 2.75) is 78.4 Å². The van der Waals surface area contributed by atoms with Crippen LogP contribution in [0.15, 0.2) is 71.6 Å². The number of anilines is 1. The maximum atomic E-state index is 14.2. The summed E-state index contributed by atoms with van der Waals surface area (Å²) in [5, 5.41) is 2.92. The molecule has 0 saturated heterocycles. The maximum Gasteiger partial charge on any atom is 0.264 e. The summed E-state index contributed by atoms with van der Waals surface area (Å²) in [6, 6.07) is 18.9. The van der Waals surface area contributed by atoms with Crippen molar-refractivity contribution in [3.63, 3.8) is 0 Å².